The normalized spacial score (nSPS) is 23.0. The maximum Gasteiger partial charge on any atom is 0.416 e. The second kappa shape index (κ2) is 5.63. The van der Waals surface area contributed by atoms with Gasteiger partial charge in [-0.25, -0.2) is 4.39 Å². The number of hydrogen-bond acceptors (Lipinski definition) is 2. The molecule has 1 amide bonds. The summed E-state index contributed by atoms with van der Waals surface area (Å²) in [5, 5.41) is 0. The summed E-state index contributed by atoms with van der Waals surface area (Å²) in [6.45, 7) is 2.15. The molecule has 21 heavy (non-hydrogen) atoms. The predicted molar refractivity (Wildman–Crippen MR) is 68.7 cm³/mol. The van der Waals surface area contributed by atoms with E-state index in [1.165, 1.54) is 4.90 Å². The van der Waals surface area contributed by atoms with Crippen LogP contribution in [0.15, 0.2) is 18.2 Å². The topological polar surface area (TPSA) is 46.3 Å². The molecule has 0 bridgehead atoms. The zero-order valence-corrected chi connectivity index (χ0v) is 11.5. The van der Waals surface area contributed by atoms with Crippen molar-refractivity contribution >= 4 is 5.91 Å². The average Bonchev–Trinajstić information content (AvgIpc) is 2.64. The Balaban J connectivity index is 2.51. The maximum atomic E-state index is 13.2. The molecule has 0 spiro atoms. The largest absolute Gasteiger partial charge is 0.416 e. The molecule has 2 N–H and O–H groups in total. The Labute approximate surface area is 119 Å². The third-order valence-corrected chi connectivity index (χ3v) is 3.58. The number of amides is 1. The highest BCUT2D eigenvalue weighted by molar-refractivity contribution is 5.80. The number of carbonyl (C=O) groups is 1. The molecule has 1 aliphatic rings. The van der Waals surface area contributed by atoms with Gasteiger partial charge in [0.25, 0.3) is 0 Å². The lowest BCUT2D eigenvalue weighted by atomic mass is 9.95. The summed E-state index contributed by atoms with van der Waals surface area (Å²) in [4.78, 5) is 13.2. The molecule has 2 unspecified atom stereocenters. The summed E-state index contributed by atoms with van der Waals surface area (Å²) in [7, 11) is 0. The Morgan fingerprint density at radius 1 is 1.38 bits per heavy atom. The van der Waals surface area contributed by atoms with E-state index in [2.05, 4.69) is 0 Å². The van der Waals surface area contributed by atoms with Crippen LogP contribution in [0, 0.1) is 5.82 Å². The van der Waals surface area contributed by atoms with Gasteiger partial charge in [0, 0.05) is 19.0 Å². The zero-order chi connectivity index (χ0) is 15.8. The monoisotopic (exact) mass is 304 g/mol. The van der Waals surface area contributed by atoms with Crippen LogP contribution < -0.4 is 5.73 Å². The Bertz CT molecular complexity index is 544. The first-order valence-electron chi connectivity index (χ1n) is 6.67. The van der Waals surface area contributed by atoms with E-state index < -0.39 is 29.6 Å². The van der Waals surface area contributed by atoms with Crippen LogP contribution in [0.4, 0.5) is 17.6 Å². The molecule has 1 heterocycles. The van der Waals surface area contributed by atoms with Crippen molar-refractivity contribution in [2.75, 3.05) is 6.54 Å². The van der Waals surface area contributed by atoms with Crippen molar-refractivity contribution < 1.29 is 22.4 Å². The molecular weight excluding hydrogens is 288 g/mol. The summed E-state index contributed by atoms with van der Waals surface area (Å²) < 4.78 is 52.5. The molecule has 0 aromatic heterocycles. The smallest absolute Gasteiger partial charge is 0.334 e. The fraction of sp³-hybridized carbons (Fsp3) is 0.500. The standard InChI is InChI=1S/C14H16F4N2O/c1-2-5-20-12(21)7-11(19)13(20)9-4-3-8(15)6-10(9)14(16,17)18/h3-4,6,11,13H,2,5,7,19H2,1H3. The van der Waals surface area contributed by atoms with E-state index in [9.17, 15) is 22.4 Å². The molecule has 0 aliphatic carbocycles. The Morgan fingerprint density at radius 3 is 2.62 bits per heavy atom. The molecule has 0 radical (unpaired) electrons. The number of nitrogens with zero attached hydrogens (tertiary/aromatic N) is 1. The summed E-state index contributed by atoms with van der Waals surface area (Å²) in [5.74, 6) is -1.24. The van der Waals surface area contributed by atoms with Gasteiger partial charge >= 0.3 is 6.18 Å². The van der Waals surface area contributed by atoms with E-state index in [0.717, 1.165) is 12.1 Å². The van der Waals surface area contributed by atoms with Crippen LogP contribution in [0.2, 0.25) is 0 Å². The van der Waals surface area contributed by atoms with Crippen LogP contribution in [0.25, 0.3) is 0 Å². The van der Waals surface area contributed by atoms with Gasteiger partial charge < -0.3 is 10.6 Å². The van der Waals surface area contributed by atoms with Crippen LogP contribution in [0.1, 0.15) is 36.9 Å². The molecule has 116 valence electrons. The summed E-state index contributed by atoms with van der Waals surface area (Å²) in [5.41, 5.74) is 4.64. The number of hydrogen-bond donors (Lipinski definition) is 1. The number of rotatable bonds is 3. The van der Waals surface area contributed by atoms with Gasteiger partial charge in [-0.05, 0) is 24.1 Å². The first-order valence-corrected chi connectivity index (χ1v) is 6.67. The molecule has 7 heteroatoms. The van der Waals surface area contributed by atoms with E-state index in [1.807, 2.05) is 6.92 Å². The van der Waals surface area contributed by atoms with Gasteiger partial charge in [0.15, 0.2) is 0 Å². The van der Waals surface area contributed by atoms with Crippen LogP contribution in [0.5, 0.6) is 0 Å². The lowest BCUT2D eigenvalue weighted by molar-refractivity contribution is -0.139. The number of nitrogens with two attached hydrogens (primary N) is 1. The summed E-state index contributed by atoms with van der Waals surface area (Å²) in [6.07, 6.45) is -4.09. The van der Waals surface area contributed by atoms with Gasteiger partial charge in [-0.1, -0.05) is 13.0 Å². The van der Waals surface area contributed by atoms with Gasteiger partial charge in [0.2, 0.25) is 5.91 Å². The minimum Gasteiger partial charge on any atom is -0.334 e. The van der Waals surface area contributed by atoms with Crippen molar-refractivity contribution in [3.8, 4) is 0 Å². The lowest BCUT2D eigenvalue weighted by Crippen LogP contribution is -2.35. The quantitative estimate of drug-likeness (QED) is 0.873. The van der Waals surface area contributed by atoms with E-state index in [1.54, 1.807) is 0 Å². The minimum atomic E-state index is -4.69. The highest BCUT2D eigenvalue weighted by atomic mass is 19.4. The van der Waals surface area contributed by atoms with E-state index in [0.29, 0.717) is 19.0 Å². The molecule has 1 aromatic rings. The van der Waals surface area contributed by atoms with Gasteiger partial charge in [-0.2, -0.15) is 13.2 Å². The first-order chi connectivity index (χ1) is 9.75. The number of benzene rings is 1. The fourth-order valence-corrected chi connectivity index (χ4v) is 2.75. The molecular formula is C14H16F4N2O. The van der Waals surface area contributed by atoms with Crippen LogP contribution in [-0.4, -0.2) is 23.4 Å². The van der Waals surface area contributed by atoms with E-state index in [-0.39, 0.29) is 17.9 Å². The van der Waals surface area contributed by atoms with Crippen molar-refractivity contribution in [3.05, 3.63) is 35.1 Å². The van der Waals surface area contributed by atoms with Crippen LogP contribution >= 0.6 is 0 Å². The predicted octanol–water partition coefficient (Wildman–Crippen LogP) is 2.86. The van der Waals surface area contributed by atoms with Crippen LogP contribution in [0.3, 0.4) is 0 Å². The molecule has 1 fully saturated rings. The third-order valence-electron chi connectivity index (χ3n) is 3.58. The second-order valence-corrected chi connectivity index (χ2v) is 5.13. The van der Waals surface area contributed by atoms with Crippen molar-refractivity contribution in [1.29, 1.82) is 0 Å². The Hall–Kier alpha value is -1.63. The number of halogens is 4. The first kappa shape index (κ1) is 15.8. The van der Waals surface area contributed by atoms with E-state index in [4.69, 9.17) is 5.73 Å². The number of alkyl halides is 3. The van der Waals surface area contributed by atoms with Gasteiger partial charge in [-0.15, -0.1) is 0 Å². The van der Waals surface area contributed by atoms with Crippen LogP contribution in [-0.2, 0) is 11.0 Å². The van der Waals surface area contributed by atoms with Crippen molar-refractivity contribution in [2.24, 2.45) is 5.73 Å². The molecule has 1 aromatic carbocycles. The van der Waals surface area contributed by atoms with E-state index >= 15 is 0 Å². The highest BCUT2D eigenvalue weighted by Gasteiger charge is 2.43. The van der Waals surface area contributed by atoms with Gasteiger partial charge in [0.05, 0.1) is 11.6 Å². The molecule has 2 atom stereocenters. The second-order valence-electron chi connectivity index (χ2n) is 5.13. The average molecular weight is 304 g/mol. The van der Waals surface area contributed by atoms with Crippen molar-refractivity contribution in [2.45, 2.75) is 38.0 Å². The highest BCUT2D eigenvalue weighted by Crippen LogP contribution is 2.40. The van der Waals surface area contributed by atoms with Crippen molar-refractivity contribution in [1.82, 2.24) is 4.90 Å². The Morgan fingerprint density at radius 2 is 2.05 bits per heavy atom. The molecule has 1 saturated heterocycles. The maximum absolute atomic E-state index is 13.2. The van der Waals surface area contributed by atoms with Gasteiger partial charge in [-0.3, -0.25) is 4.79 Å². The summed E-state index contributed by atoms with van der Waals surface area (Å²) in [6, 6.07) is 0.897. The molecule has 0 saturated carbocycles. The third kappa shape index (κ3) is 3.02. The fourth-order valence-electron chi connectivity index (χ4n) is 2.75. The summed E-state index contributed by atoms with van der Waals surface area (Å²) >= 11 is 0. The Kier molecular flexibility index (Phi) is 4.22. The zero-order valence-electron chi connectivity index (χ0n) is 11.5. The lowest BCUT2D eigenvalue weighted by Gasteiger charge is -2.29. The van der Waals surface area contributed by atoms with Crippen molar-refractivity contribution in [3.63, 3.8) is 0 Å². The van der Waals surface area contributed by atoms with Gasteiger partial charge in [0.1, 0.15) is 5.82 Å². The number of carbonyl (C=O) groups excluding carboxylic acids is 1. The number of likely N-dealkylation sites (tertiary alicyclic amines) is 1. The molecule has 1 aliphatic heterocycles. The SMILES string of the molecule is CCCN1C(=O)CC(N)C1c1ccc(F)cc1C(F)(F)F. The molecule has 2 rings (SSSR count). The molecule has 3 nitrogen and oxygen atoms in total. The minimum absolute atomic E-state index is 0.000655.